The second-order valence-corrected chi connectivity index (χ2v) is 10.7. The molecule has 3 aromatic carbocycles. The second-order valence-electron chi connectivity index (χ2n) is 9.20. The molecule has 202 valence electrons. The molecule has 38 heavy (non-hydrogen) atoms. The molecule has 0 saturated carbocycles. The van der Waals surface area contributed by atoms with Crippen LogP contribution in [0.4, 0.5) is 0 Å². The molecule has 1 saturated heterocycles. The standard InChI is InChI=1S/C29H31ClO7S/c1-2-36-21-9-6-17(7-10-21)12-20-15-19(8-11-23(20)30)29-28(35)27(34)26(33)24(37-29)16-38-22-5-3-4-18(13-22)14-25(31)32/h3-11,13,15,24,26-29,33-35H,2,12,14,16H2,1H3,(H,31,32)/t24-,26+,27-,28-,29+/m1/s1. The first-order valence-corrected chi connectivity index (χ1v) is 13.7. The molecule has 4 rings (SSSR count). The summed E-state index contributed by atoms with van der Waals surface area (Å²) in [5, 5.41) is 41.6. The van der Waals surface area contributed by atoms with E-state index >= 15 is 0 Å². The third-order valence-electron chi connectivity index (χ3n) is 6.41. The van der Waals surface area contributed by atoms with Crippen LogP contribution in [0.5, 0.6) is 5.75 Å². The molecule has 0 spiro atoms. The average Bonchev–Trinajstić information content (AvgIpc) is 2.89. The van der Waals surface area contributed by atoms with Crippen molar-refractivity contribution in [3.8, 4) is 5.75 Å². The van der Waals surface area contributed by atoms with E-state index in [0.717, 1.165) is 21.8 Å². The molecule has 0 aliphatic carbocycles. The molecule has 7 nitrogen and oxygen atoms in total. The molecule has 0 amide bonds. The van der Waals surface area contributed by atoms with Gasteiger partial charge in [0.1, 0.15) is 30.2 Å². The van der Waals surface area contributed by atoms with Gasteiger partial charge in [0, 0.05) is 15.7 Å². The van der Waals surface area contributed by atoms with Crippen LogP contribution in [-0.2, 0) is 22.4 Å². The lowest BCUT2D eigenvalue weighted by Gasteiger charge is -2.41. The van der Waals surface area contributed by atoms with Crippen molar-refractivity contribution in [3.63, 3.8) is 0 Å². The number of rotatable bonds is 10. The molecule has 3 aromatic rings. The lowest BCUT2D eigenvalue weighted by molar-refractivity contribution is -0.218. The number of thioether (sulfide) groups is 1. The molecule has 1 heterocycles. The lowest BCUT2D eigenvalue weighted by Crippen LogP contribution is -2.54. The molecule has 0 radical (unpaired) electrons. The van der Waals surface area contributed by atoms with Crippen LogP contribution >= 0.6 is 23.4 Å². The fourth-order valence-corrected chi connectivity index (χ4v) is 5.69. The summed E-state index contributed by atoms with van der Waals surface area (Å²) in [4.78, 5) is 11.8. The highest BCUT2D eigenvalue weighted by atomic mass is 35.5. The second kappa shape index (κ2) is 13.0. The quantitative estimate of drug-likeness (QED) is 0.273. The lowest BCUT2D eigenvalue weighted by atomic mass is 9.90. The van der Waals surface area contributed by atoms with Crippen LogP contribution in [0.2, 0.25) is 5.02 Å². The topological polar surface area (TPSA) is 116 Å². The van der Waals surface area contributed by atoms with Gasteiger partial charge in [-0.05, 0) is 65.9 Å². The molecule has 1 aliphatic heterocycles. The number of carboxylic acids is 1. The van der Waals surface area contributed by atoms with Gasteiger partial charge in [-0.3, -0.25) is 4.79 Å². The highest BCUT2D eigenvalue weighted by Crippen LogP contribution is 2.36. The SMILES string of the molecule is CCOc1ccc(Cc2cc([C@@H]3O[C@H](CSc4cccc(CC(=O)O)c4)[C@H](O)[C@@H](O)[C@H]3O)ccc2Cl)cc1. The van der Waals surface area contributed by atoms with Crippen LogP contribution in [0, 0.1) is 0 Å². The Morgan fingerprint density at radius 2 is 1.74 bits per heavy atom. The van der Waals surface area contributed by atoms with Gasteiger partial charge in [-0.2, -0.15) is 0 Å². The van der Waals surface area contributed by atoms with E-state index in [2.05, 4.69) is 0 Å². The van der Waals surface area contributed by atoms with Crippen molar-refractivity contribution < 1.29 is 34.7 Å². The fraction of sp³-hybridized carbons (Fsp3) is 0.345. The number of aliphatic hydroxyl groups excluding tert-OH is 3. The van der Waals surface area contributed by atoms with Gasteiger partial charge in [-0.1, -0.05) is 48.0 Å². The molecule has 1 aliphatic rings. The predicted octanol–water partition coefficient (Wildman–Crippen LogP) is 4.27. The van der Waals surface area contributed by atoms with Crippen molar-refractivity contribution in [2.45, 2.75) is 55.2 Å². The maximum atomic E-state index is 11.0. The molecule has 9 heteroatoms. The van der Waals surface area contributed by atoms with E-state index < -0.39 is 36.5 Å². The predicted molar refractivity (Wildman–Crippen MR) is 146 cm³/mol. The van der Waals surface area contributed by atoms with Crippen LogP contribution in [0.1, 0.15) is 35.3 Å². The van der Waals surface area contributed by atoms with Crippen LogP contribution < -0.4 is 4.74 Å². The summed E-state index contributed by atoms with van der Waals surface area (Å²) in [5.74, 6) is 0.174. The minimum Gasteiger partial charge on any atom is -0.494 e. The number of hydrogen-bond acceptors (Lipinski definition) is 7. The molecule has 1 fully saturated rings. The van der Waals surface area contributed by atoms with Crippen LogP contribution in [-0.4, -0.2) is 63.2 Å². The van der Waals surface area contributed by atoms with Crippen molar-refractivity contribution in [3.05, 3.63) is 94.0 Å². The summed E-state index contributed by atoms with van der Waals surface area (Å²) < 4.78 is 11.6. The molecule has 0 aromatic heterocycles. The van der Waals surface area contributed by atoms with Gasteiger partial charge in [0.2, 0.25) is 0 Å². The number of halogens is 1. The number of ether oxygens (including phenoxy) is 2. The first-order valence-electron chi connectivity index (χ1n) is 12.4. The number of benzene rings is 3. The Kier molecular flexibility index (Phi) is 9.70. The largest absolute Gasteiger partial charge is 0.494 e. The van der Waals surface area contributed by atoms with E-state index in [4.69, 9.17) is 26.2 Å². The third-order valence-corrected chi connectivity index (χ3v) is 7.86. The van der Waals surface area contributed by atoms with Gasteiger partial charge in [-0.25, -0.2) is 0 Å². The van der Waals surface area contributed by atoms with Crippen LogP contribution in [0.25, 0.3) is 0 Å². The van der Waals surface area contributed by atoms with Crippen LogP contribution in [0.3, 0.4) is 0 Å². The van der Waals surface area contributed by atoms with E-state index in [1.54, 1.807) is 30.3 Å². The minimum absolute atomic E-state index is 0.0838. The van der Waals surface area contributed by atoms with Crippen molar-refractivity contribution in [2.75, 3.05) is 12.4 Å². The zero-order valence-corrected chi connectivity index (χ0v) is 22.4. The number of hydrogen-bond donors (Lipinski definition) is 4. The Hall–Kier alpha value is -2.59. The molecule has 0 bridgehead atoms. The Morgan fingerprint density at radius 1 is 0.974 bits per heavy atom. The molecule has 5 atom stereocenters. The molecule has 0 unspecified atom stereocenters. The average molecular weight is 559 g/mol. The third kappa shape index (κ3) is 7.08. The highest BCUT2D eigenvalue weighted by molar-refractivity contribution is 7.99. The summed E-state index contributed by atoms with van der Waals surface area (Å²) in [6.45, 7) is 2.52. The van der Waals surface area contributed by atoms with Gasteiger partial charge < -0.3 is 29.9 Å². The first-order chi connectivity index (χ1) is 18.2. The summed E-state index contributed by atoms with van der Waals surface area (Å²) in [6, 6.07) is 20.3. The number of carboxylic acid groups (broad SMARTS) is 1. The summed E-state index contributed by atoms with van der Waals surface area (Å²) in [6.07, 6.45) is -5.18. The van der Waals surface area contributed by atoms with Gasteiger partial charge in [0.15, 0.2) is 0 Å². The highest BCUT2D eigenvalue weighted by Gasteiger charge is 2.44. The van der Waals surface area contributed by atoms with Crippen molar-refractivity contribution >= 4 is 29.3 Å². The normalized spacial score (nSPS) is 23.2. The van der Waals surface area contributed by atoms with E-state index in [-0.39, 0.29) is 6.42 Å². The van der Waals surface area contributed by atoms with Gasteiger partial charge in [-0.15, -0.1) is 11.8 Å². The molecular formula is C29H31ClO7S. The maximum absolute atomic E-state index is 11.0. The van der Waals surface area contributed by atoms with Crippen molar-refractivity contribution in [2.24, 2.45) is 0 Å². The number of aliphatic carboxylic acids is 1. The summed E-state index contributed by atoms with van der Waals surface area (Å²) >= 11 is 7.87. The number of carbonyl (C=O) groups is 1. The summed E-state index contributed by atoms with van der Waals surface area (Å²) in [7, 11) is 0. The Morgan fingerprint density at radius 3 is 2.45 bits per heavy atom. The zero-order chi connectivity index (χ0) is 27.2. The summed E-state index contributed by atoms with van der Waals surface area (Å²) in [5.41, 5.74) is 3.19. The maximum Gasteiger partial charge on any atom is 0.307 e. The van der Waals surface area contributed by atoms with Crippen molar-refractivity contribution in [1.82, 2.24) is 0 Å². The number of aliphatic hydroxyl groups is 3. The smallest absolute Gasteiger partial charge is 0.307 e. The monoisotopic (exact) mass is 558 g/mol. The zero-order valence-electron chi connectivity index (χ0n) is 20.9. The Balaban J connectivity index is 1.48. The van der Waals surface area contributed by atoms with Crippen molar-refractivity contribution in [1.29, 1.82) is 0 Å². The molecular weight excluding hydrogens is 528 g/mol. The van der Waals surface area contributed by atoms with Gasteiger partial charge >= 0.3 is 5.97 Å². The molecule has 4 N–H and O–H groups in total. The Labute approximate surface area is 231 Å². The van der Waals surface area contributed by atoms with E-state index in [9.17, 15) is 20.1 Å². The minimum atomic E-state index is -1.40. The van der Waals surface area contributed by atoms with E-state index in [1.165, 1.54) is 11.8 Å². The first kappa shape index (κ1) is 28.4. The van der Waals surface area contributed by atoms with E-state index in [1.807, 2.05) is 43.3 Å². The van der Waals surface area contributed by atoms with E-state index in [0.29, 0.717) is 34.9 Å². The van der Waals surface area contributed by atoms with Gasteiger partial charge in [0.25, 0.3) is 0 Å². The van der Waals surface area contributed by atoms with Gasteiger partial charge in [0.05, 0.1) is 19.1 Å². The Bertz CT molecular complexity index is 1240. The fourth-order valence-electron chi connectivity index (χ4n) is 4.46. The van der Waals surface area contributed by atoms with Crippen LogP contribution in [0.15, 0.2) is 71.6 Å².